The Balaban J connectivity index is 2.49. The van der Waals surface area contributed by atoms with Gasteiger partial charge in [-0.15, -0.1) is 0 Å². The molecule has 0 spiro atoms. The molecule has 0 aliphatic rings. The van der Waals surface area contributed by atoms with Gasteiger partial charge in [-0.05, 0) is 54.8 Å². The van der Waals surface area contributed by atoms with Gasteiger partial charge in [0.25, 0.3) is 0 Å². The Hall–Kier alpha value is -0.900. The highest BCUT2D eigenvalue weighted by Crippen LogP contribution is 2.32. The zero-order valence-corrected chi connectivity index (χ0v) is 12.9. The van der Waals surface area contributed by atoms with Crippen molar-refractivity contribution in [2.45, 2.75) is 20.0 Å². The number of aliphatic hydroxyl groups excluding tert-OH is 1. The first-order chi connectivity index (χ1) is 8.90. The summed E-state index contributed by atoms with van der Waals surface area (Å²) >= 11 is 9.40. The summed E-state index contributed by atoms with van der Waals surface area (Å²) in [4.78, 5) is 0. The van der Waals surface area contributed by atoms with Crippen molar-refractivity contribution < 1.29 is 9.50 Å². The summed E-state index contributed by atoms with van der Waals surface area (Å²) in [6, 6.07) is 8.44. The zero-order valence-electron chi connectivity index (χ0n) is 10.5. The minimum atomic E-state index is -0.861. The van der Waals surface area contributed by atoms with E-state index in [1.165, 1.54) is 6.07 Å². The minimum Gasteiger partial charge on any atom is -0.384 e. The Morgan fingerprint density at radius 1 is 1.11 bits per heavy atom. The van der Waals surface area contributed by atoms with E-state index in [-0.39, 0.29) is 10.8 Å². The van der Waals surface area contributed by atoms with Crippen LogP contribution < -0.4 is 0 Å². The molecular formula is C15H13BrClFO. The molecular weight excluding hydrogens is 331 g/mol. The number of rotatable bonds is 2. The van der Waals surface area contributed by atoms with Gasteiger partial charge in [0.05, 0.1) is 0 Å². The van der Waals surface area contributed by atoms with Gasteiger partial charge in [0.1, 0.15) is 11.9 Å². The van der Waals surface area contributed by atoms with Crippen molar-refractivity contribution in [3.05, 3.63) is 67.9 Å². The molecule has 1 nitrogen and oxygen atoms in total. The SMILES string of the molecule is Cc1cc(C(O)c2ccc(Br)cc2C)c(Cl)cc1F. The lowest BCUT2D eigenvalue weighted by Gasteiger charge is -2.16. The van der Waals surface area contributed by atoms with Crippen LogP contribution >= 0.6 is 27.5 Å². The second kappa shape index (κ2) is 5.61. The van der Waals surface area contributed by atoms with Crippen LogP contribution in [-0.2, 0) is 0 Å². The first-order valence-corrected chi connectivity index (χ1v) is 6.97. The number of hydrogen-bond acceptors (Lipinski definition) is 1. The third-order valence-corrected chi connectivity index (χ3v) is 3.92. The van der Waals surface area contributed by atoms with Crippen molar-refractivity contribution in [1.29, 1.82) is 0 Å². The Morgan fingerprint density at radius 2 is 1.79 bits per heavy atom. The predicted octanol–water partition coefficient (Wildman–Crippen LogP) is 4.94. The lowest BCUT2D eigenvalue weighted by atomic mass is 9.96. The van der Waals surface area contributed by atoms with Crippen LogP contribution in [0, 0.1) is 19.7 Å². The van der Waals surface area contributed by atoms with Crippen LogP contribution in [0.4, 0.5) is 4.39 Å². The molecule has 0 fully saturated rings. The molecule has 4 heteroatoms. The van der Waals surface area contributed by atoms with Gasteiger partial charge >= 0.3 is 0 Å². The molecule has 0 saturated heterocycles. The lowest BCUT2D eigenvalue weighted by Crippen LogP contribution is -2.04. The van der Waals surface area contributed by atoms with Gasteiger partial charge in [-0.2, -0.15) is 0 Å². The molecule has 2 aromatic carbocycles. The zero-order chi connectivity index (χ0) is 14.2. The van der Waals surface area contributed by atoms with Crippen molar-refractivity contribution >= 4 is 27.5 Å². The summed E-state index contributed by atoms with van der Waals surface area (Å²) in [7, 11) is 0. The highest BCUT2D eigenvalue weighted by Gasteiger charge is 2.17. The summed E-state index contributed by atoms with van der Waals surface area (Å²) < 4.78 is 14.3. The van der Waals surface area contributed by atoms with E-state index in [1.54, 1.807) is 13.0 Å². The fourth-order valence-electron chi connectivity index (χ4n) is 2.00. The van der Waals surface area contributed by atoms with E-state index < -0.39 is 6.10 Å². The standard InChI is InChI=1S/C15H13BrClFO/c1-8-5-10(16)3-4-11(8)15(19)12-6-9(2)14(18)7-13(12)17/h3-7,15,19H,1-2H3. The first kappa shape index (κ1) is 14.5. The predicted molar refractivity (Wildman–Crippen MR) is 79.1 cm³/mol. The molecule has 0 saturated carbocycles. The topological polar surface area (TPSA) is 20.2 Å². The molecule has 19 heavy (non-hydrogen) atoms. The molecule has 1 N–H and O–H groups in total. The van der Waals surface area contributed by atoms with Crippen LogP contribution in [0.5, 0.6) is 0 Å². The Bertz CT molecular complexity index is 628. The molecule has 0 aromatic heterocycles. The van der Waals surface area contributed by atoms with E-state index >= 15 is 0 Å². The van der Waals surface area contributed by atoms with E-state index in [1.807, 2.05) is 25.1 Å². The van der Waals surface area contributed by atoms with Crippen LogP contribution in [0.3, 0.4) is 0 Å². The third-order valence-electron chi connectivity index (χ3n) is 3.10. The van der Waals surface area contributed by atoms with Crippen LogP contribution in [0.2, 0.25) is 5.02 Å². The van der Waals surface area contributed by atoms with Gasteiger partial charge in [-0.25, -0.2) is 4.39 Å². The van der Waals surface area contributed by atoms with Crippen LogP contribution in [0.1, 0.15) is 28.4 Å². The molecule has 1 atom stereocenters. The molecule has 2 rings (SSSR count). The van der Waals surface area contributed by atoms with Gasteiger partial charge in [-0.1, -0.05) is 33.6 Å². The average Bonchev–Trinajstić information content (AvgIpc) is 2.33. The maximum Gasteiger partial charge on any atom is 0.127 e. The van der Waals surface area contributed by atoms with E-state index in [9.17, 15) is 9.50 Å². The number of aryl methyl sites for hydroxylation is 2. The van der Waals surface area contributed by atoms with Crippen molar-refractivity contribution in [3.8, 4) is 0 Å². The number of benzene rings is 2. The van der Waals surface area contributed by atoms with E-state index in [0.29, 0.717) is 11.1 Å². The molecule has 1 unspecified atom stereocenters. The summed E-state index contributed by atoms with van der Waals surface area (Å²) in [5.74, 6) is -0.367. The fraction of sp³-hybridized carbons (Fsp3) is 0.200. The molecule has 0 aliphatic carbocycles. The normalized spacial score (nSPS) is 12.5. The van der Waals surface area contributed by atoms with Crippen LogP contribution in [-0.4, -0.2) is 5.11 Å². The summed E-state index contributed by atoms with van der Waals surface area (Å²) in [5, 5.41) is 10.7. The van der Waals surface area contributed by atoms with Crippen molar-refractivity contribution in [3.63, 3.8) is 0 Å². The highest BCUT2D eigenvalue weighted by molar-refractivity contribution is 9.10. The summed E-state index contributed by atoms with van der Waals surface area (Å²) in [6.45, 7) is 3.56. The van der Waals surface area contributed by atoms with E-state index in [4.69, 9.17) is 11.6 Å². The number of aliphatic hydroxyl groups is 1. The van der Waals surface area contributed by atoms with Crippen molar-refractivity contribution in [1.82, 2.24) is 0 Å². The molecule has 0 radical (unpaired) electrons. The average molecular weight is 344 g/mol. The van der Waals surface area contributed by atoms with Gasteiger partial charge < -0.3 is 5.11 Å². The van der Waals surface area contributed by atoms with E-state index in [2.05, 4.69) is 15.9 Å². The summed E-state index contributed by atoms with van der Waals surface area (Å²) in [5.41, 5.74) is 2.69. The van der Waals surface area contributed by atoms with Crippen LogP contribution in [0.25, 0.3) is 0 Å². The molecule has 100 valence electrons. The quantitative estimate of drug-likeness (QED) is 0.819. The summed E-state index contributed by atoms with van der Waals surface area (Å²) in [6.07, 6.45) is -0.861. The molecule has 0 aliphatic heterocycles. The monoisotopic (exact) mass is 342 g/mol. The highest BCUT2D eigenvalue weighted by atomic mass is 79.9. The second-order valence-corrected chi connectivity index (χ2v) is 5.85. The Labute approximate surface area is 125 Å². The van der Waals surface area contributed by atoms with Gasteiger partial charge in [0.15, 0.2) is 0 Å². The van der Waals surface area contributed by atoms with Crippen LogP contribution in [0.15, 0.2) is 34.8 Å². The maximum atomic E-state index is 13.4. The second-order valence-electron chi connectivity index (χ2n) is 4.53. The fourth-order valence-corrected chi connectivity index (χ4v) is 2.73. The lowest BCUT2D eigenvalue weighted by molar-refractivity contribution is 0.219. The maximum absolute atomic E-state index is 13.4. The van der Waals surface area contributed by atoms with Gasteiger partial charge in [-0.3, -0.25) is 0 Å². The van der Waals surface area contributed by atoms with Gasteiger partial charge in [0, 0.05) is 15.1 Å². The third kappa shape index (κ3) is 2.99. The number of halogens is 3. The molecule has 0 bridgehead atoms. The number of hydrogen-bond donors (Lipinski definition) is 1. The van der Waals surface area contributed by atoms with Crippen molar-refractivity contribution in [2.75, 3.05) is 0 Å². The Morgan fingerprint density at radius 3 is 2.42 bits per heavy atom. The van der Waals surface area contributed by atoms with Crippen molar-refractivity contribution in [2.24, 2.45) is 0 Å². The molecule has 2 aromatic rings. The minimum absolute atomic E-state index is 0.234. The Kier molecular flexibility index (Phi) is 4.29. The smallest absolute Gasteiger partial charge is 0.127 e. The van der Waals surface area contributed by atoms with E-state index in [0.717, 1.165) is 15.6 Å². The molecule has 0 heterocycles. The first-order valence-electron chi connectivity index (χ1n) is 5.80. The largest absolute Gasteiger partial charge is 0.384 e. The van der Waals surface area contributed by atoms with Gasteiger partial charge in [0.2, 0.25) is 0 Å². The molecule has 0 amide bonds.